The number of hydrogen-bond donors (Lipinski definition) is 2. The van der Waals surface area contributed by atoms with Crippen LogP contribution in [0.15, 0.2) is 60.5 Å². The lowest BCUT2D eigenvalue weighted by Crippen LogP contribution is -2.10. The fourth-order valence-corrected chi connectivity index (χ4v) is 3.02. The van der Waals surface area contributed by atoms with Crippen LogP contribution in [0.5, 0.6) is 0 Å². The monoisotopic (exact) mass is 400 g/mol. The largest absolute Gasteiger partial charge is 0.478 e. The Morgan fingerprint density at radius 3 is 2.53 bits per heavy atom. The second kappa shape index (κ2) is 8.45. The molecule has 0 bridgehead atoms. The maximum absolute atomic E-state index is 11.5. The highest BCUT2D eigenvalue weighted by atomic mass is 16.4. The number of carbonyl (C=O) groups is 2. The zero-order valence-corrected chi connectivity index (χ0v) is 16.8. The highest BCUT2D eigenvalue weighted by Crippen LogP contribution is 2.27. The number of hydrogen-bond acceptors (Lipinski definition) is 4. The number of fused-ring (bicyclic) bond motifs is 1. The second-order valence-corrected chi connectivity index (χ2v) is 6.85. The highest BCUT2D eigenvalue weighted by Gasteiger charge is 2.13. The Morgan fingerprint density at radius 1 is 1.13 bits per heavy atom. The van der Waals surface area contributed by atoms with Gasteiger partial charge in [-0.1, -0.05) is 12.1 Å². The fourth-order valence-electron chi connectivity index (χ4n) is 3.02. The lowest BCUT2D eigenvalue weighted by Gasteiger charge is -2.11. The van der Waals surface area contributed by atoms with E-state index in [1.54, 1.807) is 31.3 Å². The average molecular weight is 400 g/mol. The average Bonchev–Trinajstić information content (AvgIpc) is 3.14. The van der Waals surface area contributed by atoms with Crippen LogP contribution >= 0.6 is 0 Å². The predicted octanol–water partition coefficient (Wildman–Crippen LogP) is 4.53. The van der Waals surface area contributed by atoms with E-state index in [0.29, 0.717) is 5.57 Å². The van der Waals surface area contributed by atoms with E-state index in [0.717, 1.165) is 28.0 Å². The Labute approximate surface area is 173 Å². The summed E-state index contributed by atoms with van der Waals surface area (Å²) in [6.45, 7) is 5.01. The minimum absolute atomic E-state index is 0.0248. The van der Waals surface area contributed by atoms with Crippen molar-refractivity contribution in [1.82, 2.24) is 9.38 Å². The number of nitriles is 1. The molecule has 30 heavy (non-hydrogen) atoms. The molecule has 0 spiro atoms. The topological polar surface area (TPSA) is 107 Å². The van der Waals surface area contributed by atoms with Crippen LogP contribution in [0.3, 0.4) is 0 Å². The lowest BCUT2D eigenvalue weighted by molar-refractivity contribution is -0.114. The third-order valence-electron chi connectivity index (χ3n) is 4.56. The van der Waals surface area contributed by atoms with Gasteiger partial charge in [0.1, 0.15) is 5.65 Å². The molecule has 150 valence electrons. The van der Waals surface area contributed by atoms with E-state index in [1.165, 1.54) is 13.0 Å². The van der Waals surface area contributed by atoms with Crippen LogP contribution in [-0.4, -0.2) is 26.4 Å². The molecule has 0 unspecified atom stereocenters. The maximum Gasteiger partial charge on any atom is 0.337 e. The number of rotatable bonds is 5. The van der Waals surface area contributed by atoms with E-state index in [-0.39, 0.29) is 17.2 Å². The fraction of sp³-hybridized carbons (Fsp3) is 0.130. The molecule has 0 saturated carbocycles. The van der Waals surface area contributed by atoms with Crippen molar-refractivity contribution >= 4 is 28.8 Å². The molecule has 0 radical (unpaired) electrons. The van der Waals surface area contributed by atoms with Gasteiger partial charge in [0.05, 0.1) is 29.2 Å². The summed E-state index contributed by atoms with van der Waals surface area (Å²) in [5.41, 5.74) is 5.03. The molecule has 7 nitrogen and oxygen atoms in total. The van der Waals surface area contributed by atoms with Crippen molar-refractivity contribution in [2.75, 3.05) is 5.32 Å². The summed E-state index contributed by atoms with van der Waals surface area (Å²) in [5, 5.41) is 20.9. The summed E-state index contributed by atoms with van der Waals surface area (Å²) in [7, 11) is 0. The van der Waals surface area contributed by atoms with E-state index >= 15 is 0 Å². The van der Waals surface area contributed by atoms with E-state index in [4.69, 9.17) is 5.26 Å². The third-order valence-corrected chi connectivity index (χ3v) is 4.56. The zero-order chi connectivity index (χ0) is 21.8. The van der Waals surface area contributed by atoms with E-state index < -0.39 is 5.97 Å². The van der Waals surface area contributed by atoms with Crippen LogP contribution in [-0.2, 0) is 4.79 Å². The minimum atomic E-state index is -1.11. The van der Waals surface area contributed by atoms with Gasteiger partial charge in [-0.15, -0.1) is 0 Å². The van der Waals surface area contributed by atoms with Gasteiger partial charge in [-0.25, -0.2) is 9.78 Å². The number of allylic oxidation sites excluding steroid dienone is 4. The van der Waals surface area contributed by atoms with Gasteiger partial charge in [0, 0.05) is 18.7 Å². The molecule has 2 heterocycles. The molecule has 7 heteroatoms. The standard InChI is InChI=1S/C23H20N4O3/c1-14(11-24)4-5-15(2)21-12-25-22-9-7-18(13-27(21)22)17-6-8-19(23(29)30)20(10-17)26-16(3)28/h4-10,12-13H,1-3H3,(H,26,28)(H,29,30). The number of amides is 1. The number of carboxylic acids is 1. The number of nitrogens with zero attached hydrogens (tertiary/aromatic N) is 3. The van der Waals surface area contributed by atoms with E-state index in [9.17, 15) is 14.7 Å². The van der Waals surface area contributed by atoms with Crippen molar-refractivity contribution in [3.05, 3.63) is 71.7 Å². The smallest absolute Gasteiger partial charge is 0.337 e. The van der Waals surface area contributed by atoms with Crippen molar-refractivity contribution in [2.45, 2.75) is 20.8 Å². The highest BCUT2D eigenvalue weighted by molar-refractivity contribution is 6.01. The Morgan fingerprint density at radius 2 is 1.87 bits per heavy atom. The predicted molar refractivity (Wildman–Crippen MR) is 115 cm³/mol. The SMILES string of the molecule is CC(=O)Nc1cc(-c2ccc3ncc(C(C)=CC=C(C)C#N)n3c2)ccc1C(=O)O. The number of aromatic carboxylic acids is 1. The van der Waals surface area contributed by atoms with Crippen molar-refractivity contribution in [1.29, 1.82) is 5.26 Å². The molecule has 0 saturated heterocycles. The molecule has 2 N–H and O–H groups in total. The summed E-state index contributed by atoms with van der Waals surface area (Å²) >= 11 is 0. The molecular weight excluding hydrogens is 380 g/mol. The molecule has 0 aliphatic heterocycles. The van der Waals surface area contributed by atoms with Gasteiger partial charge in [-0.3, -0.25) is 9.20 Å². The number of carboxylic acid groups (broad SMARTS) is 1. The molecule has 1 aromatic carbocycles. The van der Waals surface area contributed by atoms with Gasteiger partial charge in [-0.2, -0.15) is 5.26 Å². The second-order valence-electron chi connectivity index (χ2n) is 6.85. The Balaban J connectivity index is 2.09. The molecule has 3 aromatic rings. The Hall–Kier alpha value is -4.18. The Bertz CT molecular complexity index is 1260. The molecule has 1 amide bonds. The van der Waals surface area contributed by atoms with Crippen molar-refractivity contribution < 1.29 is 14.7 Å². The van der Waals surface area contributed by atoms with Gasteiger partial charge >= 0.3 is 5.97 Å². The van der Waals surface area contributed by atoms with E-state index in [1.807, 2.05) is 35.7 Å². The molecular formula is C23H20N4O3. The molecule has 0 fully saturated rings. The number of pyridine rings is 1. The first-order chi connectivity index (χ1) is 14.3. The minimum Gasteiger partial charge on any atom is -0.478 e. The first kappa shape index (κ1) is 20.6. The van der Waals surface area contributed by atoms with Crippen LogP contribution in [0.1, 0.15) is 36.8 Å². The van der Waals surface area contributed by atoms with Crippen molar-refractivity contribution in [3.63, 3.8) is 0 Å². The summed E-state index contributed by atoms with van der Waals surface area (Å²) in [6, 6.07) is 10.7. The molecule has 0 aliphatic rings. The van der Waals surface area contributed by atoms with Gasteiger partial charge < -0.3 is 10.4 Å². The van der Waals surface area contributed by atoms with Crippen LogP contribution < -0.4 is 5.32 Å². The van der Waals surface area contributed by atoms with E-state index in [2.05, 4.69) is 16.4 Å². The summed E-state index contributed by atoms with van der Waals surface area (Å²) in [5.74, 6) is -1.46. The Kier molecular flexibility index (Phi) is 5.79. The summed E-state index contributed by atoms with van der Waals surface area (Å²) in [4.78, 5) is 27.3. The normalized spacial score (nSPS) is 11.9. The number of imidazole rings is 1. The molecule has 3 rings (SSSR count). The van der Waals surface area contributed by atoms with Crippen LogP contribution in [0.25, 0.3) is 22.3 Å². The first-order valence-corrected chi connectivity index (χ1v) is 9.18. The third kappa shape index (κ3) is 4.28. The lowest BCUT2D eigenvalue weighted by atomic mass is 10.0. The van der Waals surface area contributed by atoms with Crippen LogP contribution in [0.4, 0.5) is 5.69 Å². The summed E-state index contributed by atoms with van der Waals surface area (Å²) < 4.78 is 1.93. The van der Waals surface area contributed by atoms with Crippen molar-refractivity contribution in [3.8, 4) is 17.2 Å². The van der Waals surface area contributed by atoms with Gasteiger partial charge in [-0.05, 0) is 60.9 Å². The van der Waals surface area contributed by atoms with Gasteiger partial charge in [0.2, 0.25) is 5.91 Å². The number of nitrogens with one attached hydrogen (secondary N) is 1. The van der Waals surface area contributed by atoms with Crippen molar-refractivity contribution in [2.24, 2.45) is 0 Å². The van der Waals surface area contributed by atoms with Gasteiger partial charge in [0.15, 0.2) is 0 Å². The molecule has 0 aliphatic carbocycles. The zero-order valence-electron chi connectivity index (χ0n) is 16.8. The van der Waals surface area contributed by atoms with Crippen LogP contribution in [0.2, 0.25) is 0 Å². The summed E-state index contributed by atoms with van der Waals surface area (Å²) in [6.07, 6.45) is 7.29. The molecule has 2 aromatic heterocycles. The molecule has 0 atom stereocenters. The van der Waals surface area contributed by atoms with Gasteiger partial charge in [0.25, 0.3) is 0 Å². The number of anilines is 1. The van der Waals surface area contributed by atoms with Crippen LogP contribution in [0, 0.1) is 11.3 Å². The number of aromatic nitrogens is 2. The number of carbonyl (C=O) groups excluding carboxylic acids is 1. The maximum atomic E-state index is 11.5. The quantitative estimate of drug-likeness (QED) is 0.483. The number of benzene rings is 1. The first-order valence-electron chi connectivity index (χ1n) is 9.18.